The van der Waals surface area contributed by atoms with Gasteiger partial charge in [-0.15, -0.1) is 0 Å². The number of imide groups is 1. The molecule has 0 unspecified atom stereocenters. The summed E-state index contributed by atoms with van der Waals surface area (Å²) in [4.78, 5) is 29.9. The van der Waals surface area contributed by atoms with Crippen molar-refractivity contribution in [2.45, 2.75) is 64.5 Å². The Labute approximate surface area is 162 Å². The molecule has 1 saturated carbocycles. The largest absolute Gasteiger partial charge is 0.326 e. The van der Waals surface area contributed by atoms with Gasteiger partial charge in [0.2, 0.25) is 0 Å². The number of carbonyl (C=O) groups excluding carboxylic acids is 2. The maximum absolute atomic E-state index is 13.4. The zero-order valence-corrected chi connectivity index (χ0v) is 16.7. The van der Waals surface area contributed by atoms with E-state index in [2.05, 4.69) is 55.3 Å². The van der Waals surface area contributed by atoms with Crippen LogP contribution in [0, 0.1) is 11.3 Å². The highest BCUT2D eigenvalue weighted by Gasteiger charge is 2.56. The molecule has 3 aliphatic rings. The molecule has 3 amide bonds. The molecule has 3 atom stereocenters. The number of hydrogen-bond acceptors (Lipinski definition) is 3. The predicted octanol–water partition coefficient (Wildman–Crippen LogP) is 3.92. The first kappa shape index (κ1) is 18.5. The van der Waals surface area contributed by atoms with Crippen LogP contribution in [-0.2, 0) is 4.79 Å². The number of urea groups is 1. The molecule has 5 nitrogen and oxygen atoms in total. The number of hydrogen-bond donors (Lipinski definition) is 1. The van der Waals surface area contributed by atoms with Crippen molar-refractivity contribution in [2.24, 2.45) is 11.3 Å². The van der Waals surface area contributed by atoms with E-state index in [0.29, 0.717) is 12.6 Å². The highest BCUT2D eigenvalue weighted by molar-refractivity contribution is 6.07. The van der Waals surface area contributed by atoms with E-state index in [1.165, 1.54) is 10.5 Å². The minimum atomic E-state index is -0.708. The van der Waals surface area contributed by atoms with E-state index in [1.54, 1.807) is 0 Å². The Hall–Kier alpha value is -1.88. The Morgan fingerprint density at radius 2 is 1.89 bits per heavy atom. The summed E-state index contributed by atoms with van der Waals surface area (Å²) in [5.41, 5.74) is 0.626. The Bertz CT molecular complexity index is 732. The second-order valence-corrected chi connectivity index (χ2v) is 9.62. The van der Waals surface area contributed by atoms with Crippen LogP contribution in [0.1, 0.15) is 64.5 Å². The lowest BCUT2D eigenvalue weighted by atomic mass is 9.64. The van der Waals surface area contributed by atoms with E-state index < -0.39 is 5.54 Å². The third kappa shape index (κ3) is 3.38. The number of nitrogens with one attached hydrogen (secondary N) is 1. The van der Waals surface area contributed by atoms with Gasteiger partial charge in [-0.3, -0.25) is 9.69 Å². The fourth-order valence-electron chi connectivity index (χ4n) is 5.86. The molecule has 4 rings (SSSR count). The van der Waals surface area contributed by atoms with Crippen LogP contribution in [0.4, 0.5) is 4.79 Å². The average Bonchev–Trinajstić information content (AvgIpc) is 3.13. The third-order valence-electron chi connectivity index (χ3n) is 6.50. The third-order valence-corrected chi connectivity index (χ3v) is 6.50. The molecular formula is C22H31N3O2. The monoisotopic (exact) mass is 369 g/mol. The molecule has 1 N–H and O–H groups in total. The highest BCUT2D eigenvalue weighted by Crippen LogP contribution is 2.46. The Kier molecular flexibility index (Phi) is 4.53. The Morgan fingerprint density at radius 1 is 1.15 bits per heavy atom. The first-order valence-electron chi connectivity index (χ1n) is 10.2. The number of benzene rings is 1. The van der Waals surface area contributed by atoms with Crippen molar-refractivity contribution in [1.82, 2.24) is 15.1 Å². The van der Waals surface area contributed by atoms with Crippen LogP contribution >= 0.6 is 0 Å². The van der Waals surface area contributed by atoms with Crippen LogP contribution in [0.15, 0.2) is 30.3 Å². The second kappa shape index (κ2) is 6.62. The van der Waals surface area contributed by atoms with Gasteiger partial charge >= 0.3 is 6.03 Å². The van der Waals surface area contributed by atoms with Crippen LogP contribution < -0.4 is 5.32 Å². The molecule has 1 aromatic carbocycles. The van der Waals surface area contributed by atoms with Gasteiger partial charge < -0.3 is 5.32 Å². The van der Waals surface area contributed by atoms with E-state index in [1.807, 2.05) is 6.07 Å². The summed E-state index contributed by atoms with van der Waals surface area (Å²) in [6.07, 6.45) is 4.74. The number of amides is 3. The fraction of sp³-hybridized carbons (Fsp3) is 0.636. The van der Waals surface area contributed by atoms with Gasteiger partial charge in [0, 0.05) is 12.6 Å². The molecule has 0 bridgehead atoms. The number of carbonyl (C=O) groups is 2. The van der Waals surface area contributed by atoms with E-state index in [4.69, 9.17) is 0 Å². The van der Waals surface area contributed by atoms with Crippen molar-refractivity contribution in [2.75, 3.05) is 13.2 Å². The van der Waals surface area contributed by atoms with Gasteiger partial charge in [-0.2, -0.15) is 0 Å². The van der Waals surface area contributed by atoms with Gasteiger partial charge in [-0.05, 0) is 49.0 Å². The van der Waals surface area contributed by atoms with Gasteiger partial charge in [0.1, 0.15) is 5.54 Å². The van der Waals surface area contributed by atoms with Crippen LogP contribution in [0.25, 0.3) is 0 Å². The standard InChI is InChI=1S/C22H31N3O2/c1-16-12-21(2,3)14-22(13-16)19(26)25(20(27)23-22)15-24-11-7-10-18(24)17-8-5-4-6-9-17/h4-6,8-9,16,18H,7,10-15H2,1-3H3,(H,23,27)/t16-,18-,22+/m1/s1. The maximum atomic E-state index is 13.4. The zero-order chi connectivity index (χ0) is 19.2. The van der Waals surface area contributed by atoms with Crippen LogP contribution in [0.2, 0.25) is 0 Å². The van der Waals surface area contributed by atoms with Crippen LogP contribution in [0.3, 0.4) is 0 Å². The molecule has 1 aliphatic carbocycles. The molecule has 0 radical (unpaired) electrons. The molecule has 3 fully saturated rings. The number of likely N-dealkylation sites (tertiary alicyclic amines) is 1. The average molecular weight is 370 g/mol. The lowest BCUT2D eigenvalue weighted by molar-refractivity contribution is -0.136. The normalized spacial score (nSPS) is 33.7. The molecule has 2 heterocycles. The van der Waals surface area contributed by atoms with Gasteiger partial charge in [0.15, 0.2) is 0 Å². The molecule has 2 saturated heterocycles. The Morgan fingerprint density at radius 3 is 2.59 bits per heavy atom. The van der Waals surface area contributed by atoms with E-state index in [-0.39, 0.29) is 23.4 Å². The zero-order valence-electron chi connectivity index (χ0n) is 16.7. The summed E-state index contributed by atoms with van der Waals surface area (Å²) in [5.74, 6) is 0.410. The molecule has 1 spiro atoms. The fourth-order valence-corrected chi connectivity index (χ4v) is 5.86. The summed E-state index contributed by atoms with van der Waals surface area (Å²) < 4.78 is 0. The maximum Gasteiger partial charge on any atom is 0.326 e. The summed E-state index contributed by atoms with van der Waals surface area (Å²) in [7, 11) is 0. The molecule has 146 valence electrons. The smallest absolute Gasteiger partial charge is 0.323 e. The van der Waals surface area contributed by atoms with Crippen molar-refractivity contribution >= 4 is 11.9 Å². The summed E-state index contributed by atoms with van der Waals surface area (Å²) >= 11 is 0. The van der Waals surface area contributed by atoms with Gasteiger partial charge in [-0.25, -0.2) is 9.69 Å². The lowest BCUT2D eigenvalue weighted by Gasteiger charge is -2.44. The SMILES string of the molecule is C[C@@H]1CC(C)(C)C[C@]2(C1)NC(=O)N(CN1CCC[C@@H]1c1ccccc1)C2=O. The predicted molar refractivity (Wildman–Crippen MR) is 105 cm³/mol. The van der Waals surface area contributed by atoms with Crippen molar-refractivity contribution in [1.29, 1.82) is 0 Å². The summed E-state index contributed by atoms with van der Waals surface area (Å²) in [5, 5.41) is 3.09. The number of nitrogens with zero attached hydrogens (tertiary/aromatic N) is 2. The first-order valence-corrected chi connectivity index (χ1v) is 10.2. The minimum Gasteiger partial charge on any atom is -0.323 e. The molecule has 0 aromatic heterocycles. The molecule has 2 aliphatic heterocycles. The lowest BCUT2D eigenvalue weighted by Crippen LogP contribution is -2.54. The second-order valence-electron chi connectivity index (χ2n) is 9.62. The van der Waals surface area contributed by atoms with Crippen molar-refractivity contribution < 1.29 is 9.59 Å². The van der Waals surface area contributed by atoms with Crippen LogP contribution in [-0.4, -0.2) is 40.5 Å². The Balaban J connectivity index is 1.53. The van der Waals surface area contributed by atoms with Crippen molar-refractivity contribution in [3.05, 3.63) is 35.9 Å². The summed E-state index contributed by atoms with van der Waals surface area (Å²) in [6, 6.07) is 10.5. The van der Waals surface area contributed by atoms with Crippen LogP contribution in [0.5, 0.6) is 0 Å². The summed E-state index contributed by atoms with van der Waals surface area (Å²) in [6.45, 7) is 7.92. The molecule has 27 heavy (non-hydrogen) atoms. The molecular weight excluding hydrogens is 338 g/mol. The van der Waals surface area contributed by atoms with Crippen molar-refractivity contribution in [3.8, 4) is 0 Å². The number of rotatable bonds is 3. The van der Waals surface area contributed by atoms with E-state index >= 15 is 0 Å². The van der Waals surface area contributed by atoms with Gasteiger partial charge in [0.25, 0.3) is 5.91 Å². The topological polar surface area (TPSA) is 52.7 Å². The van der Waals surface area contributed by atoms with E-state index in [0.717, 1.165) is 38.6 Å². The van der Waals surface area contributed by atoms with Gasteiger partial charge in [-0.1, -0.05) is 51.1 Å². The van der Waals surface area contributed by atoms with Gasteiger partial charge in [0.05, 0.1) is 6.67 Å². The quantitative estimate of drug-likeness (QED) is 0.822. The first-order chi connectivity index (χ1) is 12.8. The highest BCUT2D eigenvalue weighted by atomic mass is 16.2. The molecule has 5 heteroatoms. The molecule has 1 aromatic rings. The van der Waals surface area contributed by atoms with E-state index in [9.17, 15) is 9.59 Å². The van der Waals surface area contributed by atoms with Crippen molar-refractivity contribution in [3.63, 3.8) is 0 Å². The minimum absolute atomic E-state index is 0.0224.